The van der Waals surface area contributed by atoms with Crippen LogP contribution in [-0.2, 0) is 6.18 Å². The molecule has 2 rings (SSSR count). The first kappa shape index (κ1) is 32.3. The Balaban J connectivity index is 0.000000982. The number of hydrogen-bond donors (Lipinski definition) is 1. The Morgan fingerprint density at radius 3 is 2.17 bits per heavy atom. The maximum atomic E-state index is 13.3. The molecule has 0 radical (unpaired) electrons. The number of alkyl halides is 6. The first-order valence-electron chi connectivity index (χ1n) is 9.79. The van der Waals surface area contributed by atoms with Gasteiger partial charge in [0.05, 0.1) is 21.1 Å². The van der Waals surface area contributed by atoms with Gasteiger partial charge >= 0.3 is 18.0 Å². The van der Waals surface area contributed by atoms with Gasteiger partial charge in [0.1, 0.15) is 0 Å². The molecule has 2 aromatic rings. The number of hydrogen-bond acceptors (Lipinski definition) is 5. The second kappa shape index (κ2) is 13.4. The van der Waals surface area contributed by atoms with Gasteiger partial charge in [-0.1, -0.05) is 39.0 Å². The van der Waals surface area contributed by atoms with Crippen LogP contribution in [0.4, 0.5) is 26.3 Å². The number of nitrogens with zero attached hydrogens (tertiary/aromatic N) is 3. The van der Waals surface area contributed by atoms with E-state index in [0.29, 0.717) is 22.4 Å². The molecule has 0 bridgehead atoms. The van der Waals surface area contributed by atoms with Crippen molar-refractivity contribution in [2.75, 3.05) is 0 Å². The van der Waals surface area contributed by atoms with Gasteiger partial charge in [-0.2, -0.15) is 26.3 Å². The Labute approximate surface area is 206 Å². The normalized spacial score (nSPS) is 12.0. The minimum atomic E-state index is -4.76. The highest BCUT2D eigenvalue weighted by atomic mass is 35.5. The molecule has 1 heterocycles. The van der Waals surface area contributed by atoms with Crippen molar-refractivity contribution < 1.29 is 31.3 Å². The SMILES string of the molecule is C/C(Sc1n[nH]c(=O)n1-c1ccc(Cl)cc1C(F)(F)F)=C(\C)[N+](=O)[O-].C=C(CC)C(F)(F)F.CC. The lowest BCUT2D eigenvalue weighted by Gasteiger charge is -2.14. The number of benzene rings is 1. The van der Waals surface area contributed by atoms with E-state index in [1.165, 1.54) is 26.8 Å². The van der Waals surface area contributed by atoms with E-state index in [2.05, 4.69) is 11.7 Å². The number of nitrogens with one attached hydrogen (secondary N) is 1. The van der Waals surface area contributed by atoms with Gasteiger partial charge in [0, 0.05) is 17.5 Å². The molecule has 0 fully saturated rings. The molecular formula is C20H23ClF6N4O3S. The number of nitro groups is 1. The van der Waals surface area contributed by atoms with Crippen LogP contribution in [0.15, 0.2) is 50.9 Å². The zero-order valence-corrected chi connectivity index (χ0v) is 20.8. The number of rotatable bonds is 5. The summed E-state index contributed by atoms with van der Waals surface area (Å²) in [6, 6.07) is 2.92. The molecule has 35 heavy (non-hydrogen) atoms. The molecule has 0 unspecified atom stereocenters. The monoisotopic (exact) mass is 548 g/mol. The molecule has 0 aliphatic heterocycles. The lowest BCUT2D eigenvalue weighted by atomic mass is 10.1. The highest BCUT2D eigenvalue weighted by Crippen LogP contribution is 2.37. The number of halogens is 7. The van der Waals surface area contributed by atoms with Crippen LogP contribution in [0.25, 0.3) is 5.69 Å². The van der Waals surface area contributed by atoms with Gasteiger partial charge in [-0.15, -0.1) is 5.10 Å². The number of thioether (sulfide) groups is 1. The van der Waals surface area contributed by atoms with Crippen LogP contribution in [0.5, 0.6) is 0 Å². The molecule has 0 saturated carbocycles. The summed E-state index contributed by atoms with van der Waals surface area (Å²) in [7, 11) is 0. The van der Waals surface area contributed by atoms with Crippen molar-refractivity contribution in [3.63, 3.8) is 0 Å². The molecule has 0 saturated heterocycles. The predicted molar refractivity (Wildman–Crippen MR) is 122 cm³/mol. The average Bonchev–Trinajstić information content (AvgIpc) is 3.12. The first-order valence-corrected chi connectivity index (χ1v) is 11.0. The second-order valence-corrected chi connectivity index (χ2v) is 7.88. The zero-order valence-electron chi connectivity index (χ0n) is 19.3. The van der Waals surface area contributed by atoms with Crippen LogP contribution >= 0.6 is 23.4 Å². The maximum Gasteiger partial charge on any atom is 0.418 e. The molecule has 0 atom stereocenters. The standard InChI is InChI=1S/C13H10ClF3N4O3S.C5H7F3.C2H6/c1-6(21(23)24)7(2)25-12-19-18-11(22)20(12)10-4-3-8(14)5-9(10)13(15,16)17;1-3-4(2)5(6,7)8;1-2/h3-5H,1-2H3,(H,18,22);2-3H2,1H3;1-2H3/b7-6-;;. The summed E-state index contributed by atoms with van der Waals surface area (Å²) in [4.78, 5) is 22.3. The van der Waals surface area contributed by atoms with Crippen LogP contribution in [-0.4, -0.2) is 25.9 Å². The van der Waals surface area contributed by atoms with E-state index < -0.39 is 39.8 Å². The lowest BCUT2D eigenvalue weighted by molar-refractivity contribution is -0.424. The van der Waals surface area contributed by atoms with Gasteiger partial charge in [-0.05, 0) is 43.3 Å². The van der Waals surface area contributed by atoms with Crippen molar-refractivity contribution >= 4 is 23.4 Å². The smallest absolute Gasteiger partial charge is 0.259 e. The molecule has 196 valence electrons. The van der Waals surface area contributed by atoms with Gasteiger partial charge in [0.25, 0.3) is 5.70 Å². The molecular weight excluding hydrogens is 526 g/mol. The third kappa shape index (κ3) is 9.43. The van der Waals surface area contributed by atoms with Gasteiger partial charge in [-0.3, -0.25) is 10.1 Å². The Morgan fingerprint density at radius 1 is 1.23 bits per heavy atom. The molecule has 1 N–H and O–H groups in total. The van der Waals surface area contributed by atoms with Gasteiger partial charge in [0.2, 0.25) is 5.16 Å². The Bertz CT molecular complexity index is 1120. The summed E-state index contributed by atoms with van der Waals surface area (Å²) in [6.45, 7) is 10.9. The molecule has 7 nitrogen and oxygen atoms in total. The average molecular weight is 549 g/mol. The van der Waals surface area contributed by atoms with Crippen LogP contribution in [0.3, 0.4) is 0 Å². The molecule has 0 aliphatic rings. The first-order chi connectivity index (χ1) is 16.0. The van der Waals surface area contributed by atoms with Crippen molar-refractivity contribution in [1.82, 2.24) is 14.8 Å². The molecule has 0 aliphatic carbocycles. The summed E-state index contributed by atoms with van der Waals surface area (Å²) in [6.07, 6.45) is -8.97. The lowest BCUT2D eigenvalue weighted by Crippen LogP contribution is -2.20. The van der Waals surface area contributed by atoms with Crippen molar-refractivity contribution in [3.8, 4) is 5.69 Å². The van der Waals surface area contributed by atoms with E-state index in [1.54, 1.807) is 0 Å². The second-order valence-electron chi connectivity index (χ2n) is 6.26. The molecule has 1 aromatic heterocycles. The topological polar surface area (TPSA) is 93.8 Å². The Hall–Kier alpha value is -2.74. The van der Waals surface area contributed by atoms with E-state index >= 15 is 0 Å². The third-order valence-electron chi connectivity index (χ3n) is 4.00. The van der Waals surface area contributed by atoms with Crippen LogP contribution < -0.4 is 5.69 Å². The van der Waals surface area contributed by atoms with E-state index in [9.17, 15) is 41.3 Å². The molecule has 15 heteroatoms. The van der Waals surface area contributed by atoms with E-state index in [-0.39, 0.29) is 27.2 Å². The zero-order chi connectivity index (χ0) is 27.7. The van der Waals surface area contributed by atoms with Crippen molar-refractivity contribution in [3.05, 3.63) is 72.1 Å². The van der Waals surface area contributed by atoms with Crippen molar-refractivity contribution in [2.45, 2.75) is 58.5 Å². The predicted octanol–water partition coefficient (Wildman–Crippen LogP) is 7.39. The van der Waals surface area contributed by atoms with Crippen LogP contribution in [0.1, 0.15) is 46.6 Å². The Morgan fingerprint density at radius 2 is 1.77 bits per heavy atom. The molecule has 0 amide bonds. The van der Waals surface area contributed by atoms with Gasteiger partial charge < -0.3 is 0 Å². The number of aromatic nitrogens is 3. The fourth-order valence-corrected chi connectivity index (χ4v) is 3.07. The fourth-order valence-electron chi connectivity index (χ4n) is 2.03. The summed E-state index contributed by atoms with van der Waals surface area (Å²) >= 11 is 6.33. The number of aromatic amines is 1. The quantitative estimate of drug-likeness (QED) is 0.138. The third-order valence-corrected chi connectivity index (χ3v) is 5.30. The maximum absolute atomic E-state index is 13.3. The van der Waals surface area contributed by atoms with Crippen LogP contribution in [0, 0.1) is 10.1 Å². The summed E-state index contributed by atoms with van der Waals surface area (Å²) in [5.74, 6) is 0. The van der Waals surface area contributed by atoms with Gasteiger partial charge in [-0.25, -0.2) is 14.5 Å². The van der Waals surface area contributed by atoms with Gasteiger partial charge in [0.15, 0.2) is 0 Å². The number of allylic oxidation sites excluding steroid dienone is 3. The van der Waals surface area contributed by atoms with E-state index in [1.807, 2.05) is 18.9 Å². The summed E-state index contributed by atoms with van der Waals surface area (Å²) < 4.78 is 74.6. The van der Waals surface area contributed by atoms with Crippen LogP contribution in [0.2, 0.25) is 5.02 Å². The highest BCUT2D eigenvalue weighted by molar-refractivity contribution is 8.02. The Kier molecular flexibility index (Phi) is 12.3. The van der Waals surface area contributed by atoms with E-state index in [4.69, 9.17) is 11.6 Å². The number of H-pyrrole nitrogens is 1. The molecule has 0 spiro atoms. The largest absolute Gasteiger partial charge is 0.418 e. The molecule has 1 aromatic carbocycles. The van der Waals surface area contributed by atoms with Crippen molar-refractivity contribution in [1.29, 1.82) is 0 Å². The van der Waals surface area contributed by atoms with E-state index in [0.717, 1.165) is 6.07 Å². The summed E-state index contributed by atoms with van der Waals surface area (Å²) in [5, 5.41) is 16.2. The highest BCUT2D eigenvalue weighted by Gasteiger charge is 2.35. The minimum Gasteiger partial charge on any atom is -0.259 e. The fraction of sp³-hybridized carbons (Fsp3) is 0.400. The minimum absolute atomic E-state index is 0.0243. The summed E-state index contributed by atoms with van der Waals surface area (Å²) in [5.41, 5.74) is -3.40. The van der Waals surface area contributed by atoms with Crippen molar-refractivity contribution in [2.24, 2.45) is 0 Å².